The van der Waals surface area contributed by atoms with Crippen LogP contribution in [0.25, 0.3) is 0 Å². The maximum atomic E-state index is 12.6. The minimum atomic E-state index is -3.46. The highest BCUT2D eigenvalue weighted by atomic mass is 32.2. The van der Waals surface area contributed by atoms with Crippen molar-refractivity contribution in [2.45, 2.75) is 53.6 Å². The predicted molar refractivity (Wildman–Crippen MR) is 117 cm³/mol. The van der Waals surface area contributed by atoms with E-state index in [1.165, 1.54) is 47.0 Å². The Labute approximate surface area is 176 Å². The lowest BCUT2D eigenvalue weighted by Gasteiger charge is -2.15. The minimum Gasteiger partial charge on any atom is -0.322 e. The van der Waals surface area contributed by atoms with E-state index in [1.54, 1.807) is 12.1 Å². The SMILES string of the molecule is O=C(Nc1ccc(SC2CCCC2)cc1)c1ccc(S(=O)(=O)N2CCCC2)cc1. The van der Waals surface area contributed by atoms with Crippen molar-refractivity contribution in [2.24, 2.45) is 0 Å². The van der Waals surface area contributed by atoms with Crippen LogP contribution in [0.15, 0.2) is 58.3 Å². The predicted octanol–water partition coefficient (Wildman–Crippen LogP) is 4.76. The van der Waals surface area contributed by atoms with Crippen molar-refractivity contribution < 1.29 is 13.2 Å². The van der Waals surface area contributed by atoms with Gasteiger partial charge in [0.1, 0.15) is 0 Å². The normalized spacial score (nSPS) is 18.2. The van der Waals surface area contributed by atoms with Crippen LogP contribution in [0.2, 0.25) is 0 Å². The van der Waals surface area contributed by atoms with Crippen molar-refractivity contribution in [1.29, 1.82) is 0 Å². The Hall–Kier alpha value is -1.83. The van der Waals surface area contributed by atoms with Gasteiger partial charge >= 0.3 is 0 Å². The molecule has 0 aromatic heterocycles. The summed E-state index contributed by atoms with van der Waals surface area (Å²) in [7, 11) is -3.46. The first kappa shape index (κ1) is 20.4. The first-order chi connectivity index (χ1) is 14.0. The maximum absolute atomic E-state index is 12.6. The summed E-state index contributed by atoms with van der Waals surface area (Å²) in [4.78, 5) is 14.0. The van der Waals surface area contributed by atoms with Crippen LogP contribution >= 0.6 is 11.8 Å². The van der Waals surface area contributed by atoms with Crippen molar-refractivity contribution in [2.75, 3.05) is 18.4 Å². The molecule has 4 rings (SSSR count). The van der Waals surface area contributed by atoms with Crippen LogP contribution in [-0.4, -0.2) is 37.0 Å². The van der Waals surface area contributed by atoms with Gasteiger partial charge in [-0.15, -0.1) is 11.8 Å². The first-order valence-corrected chi connectivity index (χ1v) is 12.5. The van der Waals surface area contributed by atoms with Crippen molar-refractivity contribution in [3.05, 3.63) is 54.1 Å². The molecule has 1 saturated heterocycles. The van der Waals surface area contributed by atoms with Gasteiger partial charge in [-0.3, -0.25) is 4.79 Å². The Bertz CT molecular complexity index is 945. The highest BCUT2D eigenvalue weighted by Crippen LogP contribution is 2.35. The number of sulfonamides is 1. The molecule has 1 aliphatic heterocycles. The number of hydrogen-bond acceptors (Lipinski definition) is 4. The Morgan fingerprint density at radius 2 is 1.52 bits per heavy atom. The lowest BCUT2D eigenvalue weighted by molar-refractivity contribution is 0.102. The molecule has 2 aromatic rings. The highest BCUT2D eigenvalue weighted by molar-refractivity contribution is 8.00. The molecule has 0 bridgehead atoms. The fraction of sp³-hybridized carbons (Fsp3) is 0.409. The fourth-order valence-electron chi connectivity index (χ4n) is 3.87. The fourth-order valence-corrected chi connectivity index (χ4v) is 6.64. The number of thioether (sulfide) groups is 1. The summed E-state index contributed by atoms with van der Waals surface area (Å²) < 4.78 is 26.7. The Kier molecular flexibility index (Phi) is 6.27. The van der Waals surface area contributed by atoms with Crippen LogP contribution in [-0.2, 0) is 10.0 Å². The minimum absolute atomic E-state index is 0.240. The van der Waals surface area contributed by atoms with Gasteiger partial charge in [0.05, 0.1) is 4.90 Å². The van der Waals surface area contributed by atoms with E-state index >= 15 is 0 Å². The molecule has 2 fully saturated rings. The van der Waals surface area contributed by atoms with Crippen LogP contribution in [0.3, 0.4) is 0 Å². The molecule has 0 unspecified atom stereocenters. The number of anilines is 1. The van der Waals surface area contributed by atoms with Gasteiger partial charge in [-0.05, 0) is 74.2 Å². The second-order valence-corrected chi connectivity index (χ2v) is 11.0. The Morgan fingerprint density at radius 3 is 2.14 bits per heavy atom. The number of nitrogens with zero attached hydrogens (tertiary/aromatic N) is 1. The summed E-state index contributed by atoms with van der Waals surface area (Å²) in [6.07, 6.45) is 7.02. The molecule has 29 heavy (non-hydrogen) atoms. The van der Waals surface area contributed by atoms with Gasteiger partial charge in [-0.25, -0.2) is 8.42 Å². The summed E-state index contributed by atoms with van der Waals surface area (Å²) in [6, 6.07) is 14.1. The summed E-state index contributed by atoms with van der Waals surface area (Å²) >= 11 is 1.92. The number of amides is 1. The largest absolute Gasteiger partial charge is 0.322 e. The summed E-state index contributed by atoms with van der Waals surface area (Å²) in [5.74, 6) is -0.244. The number of nitrogens with one attached hydrogen (secondary N) is 1. The zero-order valence-corrected chi connectivity index (χ0v) is 18.0. The van der Waals surface area contributed by atoms with Crippen molar-refractivity contribution in [1.82, 2.24) is 4.31 Å². The Balaban J connectivity index is 1.38. The van der Waals surface area contributed by atoms with Gasteiger partial charge in [0.15, 0.2) is 0 Å². The zero-order valence-electron chi connectivity index (χ0n) is 16.3. The molecule has 0 spiro atoms. The van der Waals surface area contributed by atoms with Crippen LogP contribution in [0.5, 0.6) is 0 Å². The van der Waals surface area contributed by atoms with Gasteiger partial charge in [0.2, 0.25) is 10.0 Å². The average molecular weight is 431 g/mol. The average Bonchev–Trinajstić information content (AvgIpc) is 3.44. The Morgan fingerprint density at radius 1 is 0.897 bits per heavy atom. The molecule has 2 aromatic carbocycles. The van der Waals surface area contributed by atoms with Gasteiger partial charge in [-0.1, -0.05) is 12.8 Å². The third kappa shape index (κ3) is 4.85. The van der Waals surface area contributed by atoms with Crippen molar-refractivity contribution in [3.63, 3.8) is 0 Å². The number of hydrogen-bond donors (Lipinski definition) is 1. The van der Waals surface area contributed by atoms with Gasteiger partial charge in [-0.2, -0.15) is 4.31 Å². The molecule has 1 amide bonds. The van der Waals surface area contributed by atoms with Crippen molar-refractivity contribution >= 4 is 33.4 Å². The third-order valence-corrected chi connectivity index (χ3v) is 8.80. The molecule has 1 aliphatic carbocycles. The standard InChI is InChI=1S/C22H26N2O3S2/c25-22(23-18-9-11-20(12-10-18)28-19-5-1-2-6-19)17-7-13-21(14-8-17)29(26,27)24-15-3-4-16-24/h7-14,19H,1-6,15-16H2,(H,23,25). The number of carbonyl (C=O) groups excluding carboxylic acids is 1. The van der Waals surface area contributed by atoms with E-state index in [0.29, 0.717) is 23.9 Å². The van der Waals surface area contributed by atoms with E-state index in [4.69, 9.17) is 0 Å². The van der Waals surface area contributed by atoms with Crippen LogP contribution < -0.4 is 5.32 Å². The highest BCUT2D eigenvalue weighted by Gasteiger charge is 2.27. The zero-order chi connectivity index (χ0) is 20.3. The molecule has 154 valence electrons. The van der Waals surface area contributed by atoms with E-state index in [9.17, 15) is 13.2 Å². The van der Waals surface area contributed by atoms with Crippen LogP contribution in [0, 0.1) is 0 Å². The summed E-state index contributed by atoms with van der Waals surface area (Å²) in [5, 5.41) is 3.60. The second-order valence-electron chi connectivity index (χ2n) is 7.64. The van der Waals surface area contributed by atoms with Gasteiger partial charge in [0.25, 0.3) is 5.91 Å². The topological polar surface area (TPSA) is 66.5 Å². The monoisotopic (exact) mass is 430 g/mol. The molecule has 0 atom stereocenters. The molecular formula is C22H26N2O3S2. The van der Waals surface area contributed by atoms with E-state index < -0.39 is 10.0 Å². The van der Waals surface area contributed by atoms with E-state index in [1.807, 2.05) is 36.0 Å². The number of carbonyl (C=O) groups is 1. The van der Waals surface area contributed by atoms with Crippen LogP contribution in [0.4, 0.5) is 5.69 Å². The molecule has 1 saturated carbocycles. The lowest BCUT2D eigenvalue weighted by atomic mass is 10.2. The van der Waals surface area contributed by atoms with Gasteiger partial charge in [0, 0.05) is 34.5 Å². The second kappa shape index (κ2) is 8.90. The number of rotatable bonds is 6. The quantitative estimate of drug-likeness (QED) is 0.718. The first-order valence-electron chi connectivity index (χ1n) is 10.2. The van der Waals surface area contributed by atoms with E-state index in [0.717, 1.165) is 18.5 Å². The van der Waals surface area contributed by atoms with Crippen molar-refractivity contribution in [3.8, 4) is 0 Å². The molecule has 2 aliphatic rings. The smallest absolute Gasteiger partial charge is 0.255 e. The van der Waals surface area contributed by atoms with E-state index in [-0.39, 0.29) is 10.8 Å². The molecule has 7 heteroatoms. The van der Waals surface area contributed by atoms with E-state index in [2.05, 4.69) is 5.32 Å². The molecule has 1 N–H and O–H groups in total. The summed E-state index contributed by atoms with van der Waals surface area (Å²) in [5.41, 5.74) is 1.18. The van der Waals surface area contributed by atoms with Gasteiger partial charge < -0.3 is 5.32 Å². The molecule has 5 nitrogen and oxygen atoms in total. The number of benzene rings is 2. The molecular weight excluding hydrogens is 404 g/mol. The third-order valence-electron chi connectivity index (χ3n) is 5.54. The molecule has 0 radical (unpaired) electrons. The lowest BCUT2D eigenvalue weighted by Crippen LogP contribution is -2.27. The molecule has 1 heterocycles. The maximum Gasteiger partial charge on any atom is 0.255 e. The summed E-state index contributed by atoms with van der Waals surface area (Å²) in [6.45, 7) is 1.14. The van der Waals surface area contributed by atoms with Crippen LogP contribution in [0.1, 0.15) is 48.9 Å².